The van der Waals surface area contributed by atoms with Gasteiger partial charge in [0.05, 0.1) is 11.7 Å². The Balaban J connectivity index is 2.17. The normalized spacial score (nSPS) is 38.5. The molecule has 0 aromatic rings. The van der Waals surface area contributed by atoms with E-state index >= 15 is 0 Å². The minimum Gasteiger partial charge on any atom is -0.366 e. The van der Waals surface area contributed by atoms with E-state index in [0.29, 0.717) is 17.9 Å². The van der Waals surface area contributed by atoms with Gasteiger partial charge in [-0.15, -0.1) is 6.58 Å². The summed E-state index contributed by atoms with van der Waals surface area (Å²) in [5.74, 6) is 1.22. The van der Waals surface area contributed by atoms with E-state index in [1.54, 1.807) is 5.57 Å². The molecule has 4 atom stereocenters. The monoisotopic (exact) mass is 274 g/mol. The van der Waals surface area contributed by atoms with Gasteiger partial charge in [0, 0.05) is 0 Å². The molecular formula is C19H30O. The first-order chi connectivity index (χ1) is 9.51. The molecule has 1 saturated carbocycles. The van der Waals surface area contributed by atoms with Gasteiger partial charge in [0.1, 0.15) is 0 Å². The lowest BCUT2D eigenvalue weighted by molar-refractivity contribution is 0.266. The van der Waals surface area contributed by atoms with Crippen molar-refractivity contribution in [3.05, 3.63) is 36.5 Å². The van der Waals surface area contributed by atoms with Gasteiger partial charge < -0.3 is 4.74 Å². The first-order valence-corrected chi connectivity index (χ1v) is 8.17. The van der Waals surface area contributed by atoms with Crippen LogP contribution in [0.4, 0.5) is 0 Å². The number of rotatable bonds is 4. The van der Waals surface area contributed by atoms with E-state index in [1.807, 2.05) is 6.08 Å². The van der Waals surface area contributed by atoms with Gasteiger partial charge in [-0.1, -0.05) is 43.7 Å². The lowest BCUT2D eigenvalue weighted by Crippen LogP contribution is -2.18. The van der Waals surface area contributed by atoms with E-state index in [4.69, 9.17) is 4.74 Å². The van der Waals surface area contributed by atoms with Crippen LogP contribution in [0.2, 0.25) is 0 Å². The van der Waals surface area contributed by atoms with Crippen LogP contribution >= 0.6 is 0 Å². The second-order valence-electron chi connectivity index (χ2n) is 6.71. The molecule has 1 heteroatoms. The first-order valence-electron chi connectivity index (χ1n) is 8.17. The van der Waals surface area contributed by atoms with Crippen molar-refractivity contribution in [2.24, 2.45) is 11.8 Å². The Hall–Kier alpha value is -0.820. The van der Waals surface area contributed by atoms with E-state index in [2.05, 4.69) is 40.0 Å². The van der Waals surface area contributed by atoms with Gasteiger partial charge in [0.25, 0.3) is 0 Å². The molecular weight excluding hydrogens is 244 g/mol. The molecule has 1 heterocycles. The molecule has 0 aromatic heterocycles. The fourth-order valence-corrected chi connectivity index (χ4v) is 3.70. The molecule has 0 spiro atoms. The minimum absolute atomic E-state index is 0.153. The Labute approximate surface area is 124 Å². The zero-order valence-electron chi connectivity index (χ0n) is 13.5. The fraction of sp³-hybridized carbons (Fsp3) is 0.684. The van der Waals surface area contributed by atoms with E-state index in [0.717, 1.165) is 25.7 Å². The fourth-order valence-electron chi connectivity index (χ4n) is 3.70. The first kappa shape index (κ1) is 15.6. The van der Waals surface area contributed by atoms with Crippen molar-refractivity contribution in [3.8, 4) is 0 Å². The van der Waals surface area contributed by atoms with Crippen LogP contribution in [0.25, 0.3) is 0 Å². The quantitative estimate of drug-likeness (QED) is 0.491. The van der Waals surface area contributed by atoms with Crippen LogP contribution in [0.3, 0.4) is 0 Å². The summed E-state index contributed by atoms with van der Waals surface area (Å²) in [4.78, 5) is 0. The summed E-state index contributed by atoms with van der Waals surface area (Å²) in [6.45, 7) is 15.1. The number of hydrogen-bond donors (Lipinski definition) is 0. The van der Waals surface area contributed by atoms with Gasteiger partial charge >= 0.3 is 0 Å². The molecule has 0 unspecified atom stereocenters. The van der Waals surface area contributed by atoms with Gasteiger partial charge in [-0.3, -0.25) is 0 Å². The Morgan fingerprint density at radius 1 is 1.45 bits per heavy atom. The molecule has 1 nitrogen and oxygen atoms in total. The van der Waals surface area contributed by atoms with E-state index in [9.17, 15) is 0 Å². The molecule has 1 aliphatic carbocycles. The van der Waals surface area contributed by atoms with E-state index < -0.39 is 0 Å². The summed E-state index contributed by atoms with van der Waals surface area (Å²) >= 11 is 0. The van der Waals surface area contributed by atoms with Crippen LogP contribution in [0.5, 0.6) is 0 Å². The molecule has 0 radical (unpaired) electrons. The molecule has 0 bridgehead atoms. The van der Waals surface area contributed by atoms with Gasteiger partial charge in [-0.25, -0.2) is 0 Å². The molecule has 2 aliphatic rings. The van der Waals surface area contributed by atoms with Gasteiger partial charge in [-0.05, 0) is 57.3 Å². The molecule has 112 valence electrons. The SMILES string of the molecule is C=CC/C=C(/CC)[C@H]1CC[C@]2(C)O[C@H]2CCC(=C)[C@H]1C. The smallest absolute Gasteiger partial charge is 0.0920 e. The topological polar surface area (TPSA) is 12.5 Å². The van der Waals surface area contributed by atoms with Crippen molar-refractivity contribution in [1.82, 2.24) is 0 Å². The molecule has 2 fully saturated rings. The maximum Gasteiger partial charge on any atom is 0.0920 e. The molecule has 0 N–H and O–H groups in total. The second-order valence-corrected chi connectivity index (χ2v) is 6.71. The predicted molar refractivity (Wildman–Crippen MR) is 86.7 cm³/mol. The summed E-state index contributed by atoms with van der Waals surface area (Å²) in [7, 11) is 0. The maximum atomic E-state index is 5.93. The number of allylic oxidation sites excluding steroid dienone is 4. The minimum atomic E-state index is 0.153. The number of epoxide rings is 1. The lowest BCUT2D eigenvalue weighted by atomic mass is 9.77. The average Bonchev–Trinajstić information content (AvgIpc) is 3.08. The summed E-state index contributed by atoms with van der Waals surface area (Å²) in [6.07, 6.45) is 11.7. The highest BCUT2D eigenvalue weighted by atomic mass is 16.6. The standard InChI is InChI=1S/C19H30O/c1-6-8-9-16(7-2)17-12-13-19(5)18(20-19)11-10-14(3)15(17)4/h6,9,15,17-18H,1,3,7-8,10-13H2,2,4-5H3/b16-9-/t15-,17+,18+,19+/m1/s1. The van der Waals surface area contributed by atoms with Crippen LogP contribution in [-0.4, -0.2) is 11.7 Å². The summed E-state index contributed by atoms with van der Waals surface area (Å²) in [5, 5.41) is 0. The molecule has 0 aromatic carbocycles. The second kappa shape index (κ2) is 6.30. The Bertz CT molecular complexity index is 406. The van der Waals surface area contributed by atoms with Crippen LogP contribution in [0.15, 0.2) is 36.5 Å². The zero-order valence-corrected chi connectivity index (χ0v) is 13.5. The largest absolute Gasteiger partial charge is 0.366 e. The predicted octanol–water partition coefficient (Wildman–Crippen LogP) is 5.44. The maximum absolute atomic E-state index is 5.93. The average molecular weight is 274 g/mol. The van der Waals surface area contributed by atoms with Gasteiger partial charge in [0.15, 0.2) is 0 Å². The van der Waals surface area contributed by atoms with E-state index in [-0.39, 0.29) is 5.60 Å². The Morgan fingerprint density at radius 3 is 2.85 bits per heavy atom. The van der Waals surface area contributed by atoms with Crippen molar-refractivity contribution in [2.75, 3.05) is 0 Å². The zero-order chi connectivity index (χ0) is 14.8. The van der Waals surface area contributed by atoms with Crippen LogP contribution in [-0.2, 0) is 4.74 Å². The molecule has 1 saturated heterocycles. The summed E-state index contributed by atoms with van der Waals surface area (Å²) in [5.41, 5.74) is 3.15. The van der Waals surface area contributed by atoms with Crippen LogP contribution < -0.4 is 0 Å². The molecule has 2 rings (SSSR count). The number of hydrogen-bond acceptors (Lipinski definition) is 1. The van der Waals surface area contributed by atoms with Crippen LogP contribution in [0, 0.1) is 11.8 Å². The van der Waals surface area contributed by atoms with Crippen molar-refractivity contribution < 1.29 is 4.74 Å². The summed E-state index contributed by atoms with van der Waals surface area (Å²) < 4.78 is 5.93. The number of fused-ring (bicyclic) bond motifs is 1. The van der Waals surface area contributed by atoms with Crippen molar-refractivity contribution in [2.45, 2.75) is 71.0 Å². The molecule has 20 heavy (non-hydrogen) atoms. The Morgan fingerprint density at radius 2 is 2.20 bits per heavy atom. The third-order valence-corrected chi connectivity index (χ3v) is 5.39. The molecule has 1 aliphatic heterocycles. The Kier molecular flexibility index (Phi) is 4.90. The summed E-state index contributed by atoms with van der Waals surface area (Å²) in [6, 6.07) is 0. The van der Waals surface area contributed by atoms with Gasteiger partial charge in [-0.2, -0.15) is 0 Å². The third-order valence-electron chi connectivity index (χ3n) is 5.39. The third kappa shape index (κ3) is 3.25. The highest BCUT2D eigenvalue weighted by molar-refractivity contribution is 5.17. The lowest BCUT2D eigenvalue weighted by Gasteiger charge is -2.28. The number of ether oxygens (including phenoxy) is 1. The molecule has 0 amide bonds. The highest BCUT2D eigenvalue weighted by Crippen LogP contribution is 2.48. The van der Waals surface area contributed by atoms with Crippen molar-refractivity contribution in [3.63, 3.8) is 0 Å². The van der Waals surface area contributed by atoms with E-state index in [1.165, 1.54) is 18.4 Å². The van der Waals surface area contributed by atoms with Crippen molar-refractivity contribution >= 4 is 0 Å². The van der Waals surface area contributed by atoms with Crippen LogP contribution in [0.1, 0.15) is 59.3 Å². The van der Waals surface area contributed by atoms with Gasteiger partial charge in [0.2, 0.25) is 0 Å². The highest BCUT2D eigenvalue weighted by Gasteiger charge is 2.52. The van der Waals surface area contributed by atoms with Crippen molar-refractivity contribution in [1.29, 1.82) is 0 Å².